The number of sulfone groups is 1. The van der Waals surface area contributed by atoms with Crippen molar-refractivity contribution in [2.45, 2.75) is 9.79 Å². The van der Waals surface area contributed by atoms with E-state index in [2.05, 4.69) is 26.2 Å². The van der Waals surface area contributed by atoms with E-state index >= 15 is 0 Å². The summed E-state index contributed by atoms with van der Waals surface area (Å²) in [6, 6.07) is 9.16. The van der Waals surface area contributed by atoms with Gasteiger partial charge in [-0.15, -0.1) is 0 Å². The second-order valence-corrected chi connectivity index (χ2v) is 8.08. The van der Waals surface area contributed by atoms with Gasteiger partial charge in [-0.3, -0.25) is 0 Å². The highest BCUT2D eigenvalue weighted by atomic mass is 79.9. The van der Waals surface area contributed by atoms with E-state index in [1.165, 1.54) is 24.3 Å². The highest BCUT2D eigenvalue weighted by Gasteiger charge is 2.19. The molecule has 2 rings (SSSR count). The number of rotatable bonds is 6. The molecular formula is C15H19BrN4O2S. The van der Waals surface area contributed by atoms with Gasteiger partial charge in [0.05, 0.1) is 9.79 Å². The summed E-state index contributed by atoms with van der Waals surface area (Å²) < 4.78 is 25.9. The first-order valence-electron chi connectivity index (χ1n) is 6.96. The first-order chi connectivity index (χ1) is 10.8. The maximum Gasteiger partial charge on any atom is 0.206 e. The van der Waals surface area contributed by atoms with E-state index in [4.69, 9.17) is 5.73 Å². The Hall–Kier alpha value is -1.64. The van der Waals surface area contributed by atoms with E-state index in [1.54, 1.807) is 12.1 Å². The van der Waals surface area contributed by atoms with Crippen molar-refractivity contribution >= 4 is 37.3 Å². The lowest BCUT2D eigenvalue weighted by atomic mass is 10.3. The number of halogens is 1. The molecule has 0 bridgehead atoms. The van der Waals surface area contributed by atoms with Gasteiger partial charge in [-0.25, -0.2) is 13.4 Å². The SMILES string of the molecule is CN(C)CCNc1cc(S(=O)(=O)c2ccc(N)cc2)cc(Br)n1. The molecule has 0 radical (unpaired) electrons. The first kappa shape index (κ1) is 17.7. The fourth-order valence-electron chi connectivity index (χ4n) is 1.91. The summed E-state index contributed by atoms with van der Waals surface area (Å²) in [6.07, 6.45) is 0. The van der Waals surface area contributed by atoms with Crippen LogP contribution in [-0.4, -0.2) is 45.5 Å². The molecule has 0 amide bonds. The Bertz CT molecular complexity index is 777. The molecule has 0 atom stereocenters. The van der Waals surface area contributed by atoms with Crippen LogP contribution in [0.2, 0.25) is 0 Å². The summed E-state index contributed by atoms with van der Waals surface area (Å²) in [5, 5.41) is 3.12. The average Bonchev–Trinajstić information content (AvgIpc) is 2.46. The molecule has 0 spiro atoms. The van der Waals surface area contributed by atoms with Gasteiger partial charge in [0.1, 0.15) is 10.4 Å². The molecule has 124 valence electrons. The van der Waals surface area contributed by atoms with Crippen LogP contribution in [0.1, 0.15) is 0 Å². The molecule has 0 aliphatic carbocycles. The number of anilines is 2. The number of nitrogens with zero attached hydrogens (tertiary/aromatic N) is 2. The number of likely N-dealkylation sites (N-methyl/N-ethyl adjacent to an activating group) is 1. The minimum absolute atomic E-state index is 0.177. The van der Waals surface area contributed by atoms with Gasteiger partial charge in [-0.1, -0.05) is 0 Å². The lowest BCUT2D eigenvalue weighted by molar-refractivity contribution is 0.425. The monoisotopic (exact) mass is 398 g/mol. The Morgan fingerprint density at radius 2 is 1.83 bits per heavy atom. The molecule has 0 aliphatic heterocycles. The van der Waals surface area contributed by atoms with Crippen LogP contribution in [-0.2, 0) is 9.84 Å². The minimum atomic E-state index is -3.62. The number of nitrogens with one attached hydrogen (secondary N) is 1. The number of aromatic nitrogens is 1. The number of benzene rings is 1. The fraction of sp³-hybridized carbons (Fsp3) is 0.267. The fourth-order valence-corrected chi connectivity index (χ4v) is 3.80. The number of hydrogen-bond acceptors (Lipinski definition) is 6. The number of nitrogen functional groups attached to an aromatic ring is 1. The van der Waals surface area contributed by atoms with Crippen LogP contribution >= 0.6 is 15.9 Å². The van der Waals surface area contributed by atoms with Crippen molar-refractivity contribution in [3.63, 3.8) is 0 Å². The number of hydrogen-bond donors (Lipinski definition) is 2. The van der Waals surface area contributed by atoms with Crippen molar-refractivity contribution in [2.75, 3.05) is 38.2 Å². The quantitative estimate of drug-likeness (QED) is 0.572. The zero-order valence-corrected chi connectivity index (χ0v) is 15.4. The van der Waals surface area contributed by atoms with Gasteiger partial charge in [0, 0.05) is 18.8 Å². The van der Waals surface area contributed by atoms with Crippen molar-refractivity contribution in [1.82, 2.24) is 9.88 Å². The van der Waals surface area contributed by atoms with Crippen LogP contribution in [0.4, 0.5) is 11.5 Å². The lowest BCUT2D eigenvalue weighted by Gasteiger charge is -2.12. The molecule has 1 aromatic heterocycles. The van der Waals surface area contributed by atoms with E-state index in [-0.39, 0.29) is 9.79 Å². The van der Waals surface area contributed by atoms with Crippen LogP contribution in [0.3, 0.4) is 0 Å². The van der Waals surface area contributed by atoms with Gasteiger partial charge >= 0.3 is 0 Å². The zero-order valence-electron chi connectivity index (χ0n) is 13.0. The highest BCUT2D eigenvalue weighted by molar-refractivity contribution is 9.10. The van der Waals surface area contributed by atoms with Crippen LogP contribution in [0.25, 0.3) is 0 Å². The van der Waals surface area contributed by atoms with Crippen LogP contribution < -0.4 is 11.1 Å². The second-order valence-electron chi connectivity index (χ2n) is 5.31. The average molecular weight is 399 g/mol. The highest BCUT2D eigenvalue weighted by Crippen LogP contribution is 2.25. The van der Waals surface area contributed by atoms with Gasteiger partial charge in [0.2, 0.25) is 9.84 Å². The molecule has 0 saturated carbocycles. The van der Waals surface area contributed by atoms with E-state index in [0.29, 0.717) is 22.7 Å². The summed E-state index contributed by atoms with van der Waals surface area (Å²) in [5.74, 6) is 0.509. The summed E-state index contributed by atoms with van der Waals surface area (Å²) in [4.78, 5) is 6.65. The Balaban J connectivity index is 2.31. The maximum absolute atomic E-state index is 12.7. The lowest BCUT2D eigenvalue weighted by Crippen LogP contribution is -2.21. The molecule has 0 unspecified atom stereocenters. The maximum atomic E-state index is 12.7. The molecular weight excluding hydrogens is 380 g/mol. The largest absolute Gasteiger partial charge is 0.399 e. The molecule has 1 heterocycles. The Labute approximate surface area is 144 Å². The third kappa shape index (κ3) is 4.66. The smallest absolute Gasteiger partial charge is 0.206 e. The predicted octanol–water partition coefficient (Wildman–Crippen LogP) is 2.23. The van der Waals surface area contributed by atoms with Crippen molar-refractivity contribution in [1.29, 1.82) is 0 Å². The molecule has 6 nitrogen and oxygen atoms in total. The minimum Gasteiger partial charge on any atom is -0.399 e. The van der Waals surface area contributed by atoms with Crippen LogP contribution in [0, 0.1) is 0 Å². The third-order valence-corrected chi connectivity index (χ3v) is 5.29. The van der Waals surface area contributed by atoms with Gasteiger partial charge in [-0.2, -0.15) is 0 Å². The van der Waals surface area contributed by atoms with Gasteiger partial charge < -0.3 is 16.0 Å². The predicted molar refractivity (Wildman–Crippen MR) is 95.3 cm³/mol. The van der Waals surface area contributed by atoms with E-state index in [1.807, 2.05) is 19.0 Å². The zero-order chi connectivity index (χ0) is 17.0. The summed E-state index contributed by atoms with van der Waals surface area (Å²) in [5.41, 5.74) is 6.13. The van der Waals surface area contributed by atoms with Crippen molar-refractivity contribution in [3.8, 4) is 0 Å². The van der Waals surface area contributed by atoms with E-state index < -0.39 is 9.84 Å². The molecule has 1 aromatic carbocycles. The normalized spacial score (nSPS) is 11.7. The Kier molecular flexibility index (Phi) is 5.61. The van der Waals surface area contributed by atoms with Gasteiger partial charge in [0.15, 0.2) is 0 Å². The molecule has 0 saturated heterocycles. The Morgan fingerprint density at radius 3 is 2.43 bits per heavy atom. The summed E-state index contributed by atoms with van der Waals surface area (Å²) in [7, 11) is 0.312. The number of pyridine rings is 1. The molecule has 0 aliphatic rings. The second kappa shape index (κ2) is 7.29. The standard InChI is InChI=1S/C15H19BrN4O2S/c1-20(2)8-7-18-15-10-13(9-14(16)19-15)23(21,22)12-5-3-11(17)4-6-12/h3-6,9-10H,7-8,17H2,1-2H3,(H,18,19). The number of nitrogens with two attached hydrogens (primary N) is 1. The molecule has 3 N–H and O–H groups in total. The molecule has 8 heteroatoms. The first-order valence-corrected chi connectivity index (χ1v) is 9.23. The molecule has 0 fully saturated rings. The van der Waals surface area contributed by atoms with E-state index in [0.717, 1.165) is 6.54 Å². The van der Waals surface area contributed by atoms with Crippen LogP contribution in [0.15, 0.2) is 50.8 Å². The van der Waals surface area contributed by atoms with Gasteiger partial charge in [0.25, 0.3) is 0 Å². The van der Waals surface area contributed by atoms with Gasteiger partial charge in [-0.05, 0) is 66.4 Å². The molecule has 2 aromatic rings. The summed E-state index contributed by atoms with van der Waals surface area (Å²) in [6.45, 7) is 1.48. The van der Waals surface area contributed by atoms with Crippen molar-refractivity contribution in [2.24, 2.45) is 0 Å². The molecule has 23 heavy (non-hydrogen) atoms. The topological polar surface area (TPSA) is 88.3 Å². The summed E-state index contributed by atoms with van der Waals surface area (Å²) >= 11 is 3.26. The van der Waals surface area contributed by atoms with Crippen LogP contribution in [0.5, 0.6) is 0 Å². The Morgan fingerprint density at radius 1 is 1.17 bits per heavy atom. The van der Waals surface area contributed by atoms with Crippen molar-refractivity contribution in [3.05, 3.63) is 41.0 Å². The van der Waals surface area contributed by atoms with Crippen molar-refractivity contribution < 1.29 is 8.42 Å². The van der Waals surface area contributed by atoms with E-state index in [9.17, 15) is 8.42 Å². The third-order valence-electron chi connectivity index (χ3n) is 3.13.